The fourth-order valence-electron chi connectivity index (χ4n) is 1.98. The largest absolute Gasteiger partial charge is 0.482 e. The molecular formula is C19H18ClN3O5. The van der Waals surface area contributed by atoms with Crippen LogP contribution in [0.15, 0.2) is 47.6 Å². The number of nitrogens with zero attached hydrogens (tertiary/aromatic N) is 1. The number of methoxy groups -OCH3 is 1. The van der Waals surface area contributed by atoms with Crippen LogP contribution in [0.2, 0.25) is 5.02 Å². The Bertz CT molecular complexity index is 897. The normalized spacial score (nSPS) is 10.4. The summed E-state index contributed by atoms with van der Waals surface area (Å²) < 4.78 is 9.69. The summed E-state index contributed by atoms with van der Waals surface area (Å²) in [6.45, 7) is 1.59. The molecule has 0 aliphatic carbocycles. The van der Waals surface area contributed by atoms with Gasteiger partial charge in [0.25, 0.3) is 0 Å². The van der Waals surface area contributed by atoms with Gasteiger partial charge < -0.3 is 14.8 Å². The zero-order chi connectivity index (χ0) is 20.5. The molecule has 2 N–H and O–H groups in total. The Kier molecular flexibility index (Phi) is 7.53. The van der Waals surface area contributed by atoms with Crippen LogP contribution < -0.4 is 15.5 Å². The molecule has 2 amide bonds. The van der Waals surface area contributed by atoms with E-state index in [1.54, 1.807) is 49.4 Å². The number of carbonyl (C=O) groups excluding carboxylic acids is 3. The summed E-state index contributed by atoms with van der Waals surface area (Å²) in [7, 11) is 1.27. The Balaban J connectivity index is 1.86. The number of amides is 2. The summed E-state index contributed by atoms with van der Waals surface area (Å²) in [4.78, 5) is 34.8. The van der Waals surface area contributed by atoms with Gasteiger partial charge in [-0.15, -0.1) is 0 Å². The fraction of sp³-hybridized carbons (Fsp3) is 0.158. The molecule has 0 aromatic heterocycles. The van der Waals surface area contributed by atoms with E-state index in [4.69, 9.17) is 16.3 Å². The second kappa shape index (κ2) is 10.1. The lowest BCUT2D eigenvalue weighted by molar-refractivity contribution is -0.142. The van der Waals surface area contributed by atoms with Crippen molar-refractivity contribution in [1.82, 2.24) is 5.43 Å². The number of carbonyl (C=O) groups is 3. The van der Waals surface area contributed by atoms with Crippen LogP contribution in [0.1, 0.15) is 11.1 Å². The number of ether oxygens (including phenoxy) is 2. The SMILES string of the molecule is COC(=O)COc1ccc(/C=N\NC(=O)C(=O)Nc2cc(Cl)ccc2C)cc1. The molecule has 2 aromatic carbocycles. The fourth-order valence-corrected chi connectivity index (χ4v) is 2.15. The quantitative estimate of drug-likeness (QED) is 0.333. The van der Waals surface area contributed by atoms with Crippen molar-refractivity contribution in [2.45, 2.75) is 6.92 Å². The first kappa shape index (κ1) is 20.9. The van der Waals surface area contributed by atoms with Crippen molar-refractivity contribution in [1.29, 1.82) is 0 Å². The molecular weight excluding hydrogens is 386 g/mol. The van der Waals surface area contributed by atoms with Crippen LogP contribution in [0.25, 0.3) is 0 Å². The highest BCUT2D eigenvalue weighted by Gasteiger charge is 2.14. The number of hydrazone groups is 1. The number of hydrogen-bond acceptors (Lipinski definition) is 6. The Morgan fingerprint density at radius 2 is 1.82 bits per heavy atom. The summed E-state index contributed by atoms with van der Waals surface area (Å²) in [5.41, 5.74) is 4.00. The first-order valence-electron chi connectivity index (χ1n) is 8.09. The molecule has 0 radical (unpaired) electrons. The van der Waals surface area contributed by atoms with Crippen LogP contribution in [0, 0.1) is 6.92 Å². The van der Waals surface area contributed by atoms with E-state index >= 15 is 0 Å². The van der Waals surface area contributed by atoms with E-state index in [1.807, 2.05) is 0 Å². The highest BCUT2D eigenvalue weighted by atomic mass is 35.5. The van der Waals surface area contributed by atoms with Crippen molar-refractivity contribution in [3.63, 3.8) is 0 Å². The van der Waals surface area contributed by atoms with Gasteiger partial charge in [0.05, 0.1) is 13.3 Å². The Morgan fingerprint density at radius 3 is 2.50 bits per heavy atom. The monoisotopic (exact) mass is 403 g/mol. The average Bonchev–Trinajstić information content (AvgIpc) is 2.69. The van der Waals surface area contributed by atoms with Crippen LogP contribution in [0.3, 0.4) is 0 Å². The van der Waals surface area contributed by atoms with Crippen molar-refractivity contribution in [2.75, 3.05) is 19.0 Å². The molecule has 146 valence electrons. The zero-order valence-electron chi connectivity index (χ0n) is 15.2. The Labute approximate surface area is 166 Å². The van der Waals surface area contributed by atoms with Crippen LogP contribution >= 0.6 is 11.6 Å². The average molecular weight is 404 g/mol. The minimum atomic E-state index is -0.923. The number of rotatable bonds is 6. The Morgan fingerprint density at radius 1 is 1.11 bits per heavy atom. The third kappa shape index (κ3) is 6.40. The van der Waals surface area contributed by atoms with Gasteiger partial charge in [-0.2, -0.15) is 5.10 Å². The van der Waals surface area contributed by atoms with Crippen LogP contribution in [-0.2, 0) is 19.1 Å². The van der Waals surface area contributed by atoms with Gasteiger partial charge in [0.2, 0.25) is 0 Å². The summed E-state index contributed by atoms with van der Waals surface area (Å²) in [6, 6.07) is 11.5. The molecule has 0 unspecified atom stereocenters. The highest BCUT2D eigenvalue weighted by molar-refractivity contribution is 6.40. The number of aryl methyl sites for hydroxylation is 1. The third-order valence-electron chi connectivity index (χ3n) is 3.50. The molecule has 0 aliphatic rings. The minimum absolute atomic E-state index is 0.193. The van der Waals surface area contributed by atoms with Crippen molar-refractivity contribution >= 4 is 41.3 Å². The number of hydrogen-bond donors (Lipinski definition) is 2. The molecule has 2 rings (SSSR count). The van der Waals surface area contributed by atoms with Crippen molar-refractivity contribution in [2.24, 2.45) is 5.10 Å². The first-order valence-corrected chi connectivity index (χ1v) is 8.47. The maximum Gasteiger partial charge on any atom is 0.343 e. The number of halogens is 1. The molecule has 0 aliphatic heterocycles. The molecule has 0 saturated carbocycles. The standard InChI is InChI=1S/C19H18ClN3O5/c1-12-3-6-14(20)9-16(12)22-18(25)19(26)23-21-10-13-4-7-15(8-5-13)28-11-17(24)27-2/h3-10H,11H2,1-2H3,(H,22,25)(H,23,26)/b21-10-. The van der Waals surface area contributed by atoms with Gasteiger partial charge in [-0.1, -0.05) is 17.7 Å². The molecule has 28 heavy (non-hydrogen) atoms. The van der Waals surface area contributed by atoms with Crippen molar-refractivity contribution in [3.8, 4) is 5.75 Å². The zero-order valence-corrected chi connectivity index (χ0v) is 15.9. The summed E-state index contributed by atoms with van der Waals surface area (Å²) in [6.07, 6.45) is 1.36. The smallest absolute Gasteiger partial charge is 0.343 e. The van der Waals surface area contributed by atoms with Crippen molar-refractivity contribution in [3.05, 3.63) is 58.6 Å². The second-order valence-electron chi connectivity index (χ2n) is 5.55. The number of anilines is 1. The Hall–Kier alpha value is -3.39. The summed E-state index contributed by atoms with van der Waals surface area (Å²) >= 11 is 5.88. The van der Waals surface area contributed by atoms with E-state index in [1.165, 1.54) is 13.3 Å². The number of esters is 1. The molecule has 0 spiro atoms. The summed E-state index contributed by atoms with van der Waals surface area (Å²) in [5, 5.41) is 6.65. The van der Waals surface area contributed by atoms with Gasteiger partial charge in [-0.3, -0.25) is 9.59 Å². The number of nitrogens with one attached hydrogen (secondary N) is 2. The van der Waals surface area contributed by atoms with E-state index < -0.39 is 17.8 Å². The predicted molar refractivity (Wildman–Crippen MR) is 105 cm³/mol. The van der Waals surface area contributed by atoms with Gasteiger partial charge >= 0.3 is 17.8 Å². The molecule has 9 heteroatoms. The highest BCUT2D eigenvalue weighted by Crippen LogP contribution is 2.20. The van der Waals surface area contributed by atoms with Gasteiger partial charge in [-0.05, 0) is 54.4 Å². The topological polar surface area (TPSA) is 106 Å². The van der Waals surface area contributed by atoms with Crippen LogP contribution in [0.4, 0.5) is 5.69 Å². The van der Waals surface area contributed by atoms with E-state index in [9.17, 15) is 14.4 Å². The number of benzene rings is 2. The second-order valence-corrected chi connectivity index (χ2v) is 5.98. The lowest BCUT2D eigenvalue weighted by Crippen LogP contribution is -2.32. The molecule has 2 aromatic rings. The van der Waals surface area contributed by atoms with Crippen LogP contribution in [0.5, 0.6) is 5.75 Å². The third-order valence-corrected chi connectivity index (χ3v) is 3.73. The molecule has 0 saturated heterocycles. The molecule has 0 bridgehead atoms. The van der Waals surface area contributed by atoms with Crippen molar-refractivity contribution < 1.29 is 23.9 Å². The molecule has 8 nitrogen and oxygen atoms in total. The van der Waals surface area contributed by atoms with E-state index in [0.717, 1.165) is 5.56 Å². The van der Waals surface area contributed by atoms with Gasteiger partial charge in [0.1, 0.15) is 5.75 Å². The van der Waals surface area contributed by atoms with Gasteiger partial charge in [0, 0.05) is 10.7 Å². The maximum atomic E-state index is 11.9. The molecule has 0 heterocycles. The summed E-state index contributed by atoms with van der Waals surface area (Å²) in [5.74, 6) is -1.80. The first-order chi connectivity index (χ1) is 13.4. The molecule has 0 atom stereocenters. The lowest BCUT2D eigenvalue weighted by atomic mass is 10.2. The lowest BCUT2D eigenvalue weighted by Gasteiger charge is -2.07. The van der Waals surface area contributed by atoms with Crippen LogP contribution in [-0.4, -0.2) is 37.7 Å². The predicted octanol–water partition coefficient (Wildman–Crippen LogP) is 2.29. The van der Waals surface area contributed by atoms with E-state index in [2.05, 4.69) is 20.6 Å². The van der Waals surface area contributed by atoms with E-state index in [-0.39, 0.29) is 6.61 Å². The molecule has 0 fully saturated rings. The maximum absolute atomic E-state index is 11.9. The minimum Gasteiger partial charge on any atom is -0.482 e. The van der Waals surface area contributed by atoms with E-state index in [0.29, 0.717) is 22.0 Å². The van der Waals surface area contributed by atoms with Gasteiger partial charge in [0.15, 0.2) is 6.61 Å². The van der Waals surface area contributed by atoms with Gasteiger partial charge in [-0.25, -0.2) is 10.2 Å².